The Bertz CT molecular complexity index is 822. The molecule has 2 aromatic heterocycles. The lowest BCUT2D eigenvalue weighted by Crippen LogP contribution is -2.03. The Kier molecular flexibility index (Phi) is 4.85. The second-order valence-electron chi connectivity index (χ2n) is 6.19. The first-order valence-electron chi connectivity index (χ1n) is 8.01. The maximum absolute atomic E-state index is 5.59. The van der Waals surface area contributed by atoms with Gasteiger partial charge in [0, 0.05) is 5.69 Å². The van der Waals surface area contributed by atoms with Crippen molar-refractivity contribution in [2.24, 2.45) is 0 Å². The van der Waals surface area contributed by atoms with E-state index in [0.717, 1.165) is 23.1 Å². The molecule has 6 heteroatoms. The van der Waals surface area contributed by atoms with Crippen LogP contribution < -0.4 is 10.6 Å². The Morgan fingerprint density at radius 2 is 1.96 bits per heavy atom. The predicted molar refractivity (Wildman–Crippen MR) is 99.2 cm³/mol. The number of benzene rings is 1. The van der Waals surface area contributed by atoms with Gasteiger partial charge in [-0.1, -0.05) is 26.0 Å². The van der Waals surface area contributed by atoms with E-state index in [1.165, 1.54) is 28.4 Å². The summed E-state index contributed by atoms with van der Waals surface area (Å²) in [4.78, 5) is 0. The average molecular weight is 342 g/mol. The van der Waals surface area contributed by atoms with Crippen molar-refractivity contribution in [1.82, 2.24) is 8.75 Å². The van der Waals surface area contributed by atoms with E-state index >= 15 is 0 Å². The highest BCUT2D eigenvalue weighted by atomic mass is 32.1. The maximum Gasteiger partial charge on any atom is 0.188 e. The van der Waals surface area contributed by atoms with E-state index < -0.39 is 0 Å². The molecular formula is C18H22N4OS. The van der Waals surface area contributed by atoms with Crippen LogP contribution in [0.25, 0.3) is 0 Å². The molecule has 24 heavy (non-hydrogen) atoms. The number of aromatic nitrogens is 2. The molecule has 0 bridgehead atoms. The summed E-state index contributed by atoms with van der Waals surface area (Å²) in [7, 11) is 0. The third-order valence-electron chi connectivity index (χ3n) is 4.12. The fourth-order valence-electron chi connectivity index (χ4n) is 2.36. The summed E-state index contributed by atoms with van der Waals surface area (Å²) in [6.07, 6.45) is 1.82. The van der Waals surface area contributed by atoms with Gasteiger partial charge < -0.3 is 15.1 Å². The van der Waals surface area contributed by atoms with E-state index in [0.29, 0.717) is 12.5 Å². The number of furan rings is 1. The van der Waals surface area contributed by atoms with Crippen LogP contribution in [0.15, 0.2) is 34.9 Å². The minimum atomic E-state index is 0.463. The van der Waals surface area contributed by atoms with E-state index in [1.54, 1.807) is 0 Å². The molecule has 2 heterocycles. The van der Waals surface area contributed by atoms with Gasteiger partial charge in [0.1, 0.15) is 5.76 Å². The monoisotopic (exact) mass is 342 g/mol. The minimum Gasteiger partial charge on any atom is -0.467 e. The third-order valence-corrected chi connectivity index (χ3v) is 4.65. The maximum atomic E-state index is 5.59. The number of aryl methyl sites for hydroxylation is 1. The summed E-state index contributed by atoms with van der Waals surface area (Å²) in [5.41, 5.74) is 4.71. The summed E-state index contributed by atoms with van der Waals surface area (Å²) >= 11 is 1.19. The van der Waals surface area contributed by atoms with Gasteiger partial charge in [0.15, 0.2) is 11.6 Å². The van der Waals surface area contributed by atoms with Gasteiger partial charge >= 0.3 is 0 Å². The molecule has 0 aliphatic heterocycles. The molecule has 0 spiro atoms. The highest BCUT2D eigenvalue weighted by molar-refractivity contribution is 6.99. The molecule has 0 amide bonds. The van der Waals surface area contributed by atoms with Crippen molar-refractivity contribution in [3.63, 3.8) is 0 Å². The molecule has 0 aliphatic rings. The van der Waals surface area contributed by atoms with Crippen LogP contribution >= 0.6 is 11.7 Å². The zero-order chi connectivity index (χ0) is 17.1. The van der Waals surface area contributed by atoms with Gasteiger partial charge in [-0.15, -0.1) is 0 Å². The standard InChI is InChI=1S/C18H22N4OS/c1-11(2)14-8-15(23-10-14)9-19-17-18(22-24-21-17)20-16-7-5-6-12(3)13(16)4/h5-8,10-11H,9H2,1-4H3,(H,19,21)(H,20,22). The average Bonchev–Trinajstić information content (AvgIpc) is 3.19. The molecule has 5 nitrogen and oxygen atoms in total. The number of anilines is 3. The van der Waals surface area contributed by atoms with Crippen LogP contribution in [0, 0.1) is 13.8 Å². The molecule has 3 aromatic rings. The highest BCUT2D eigenvalue weighted by Gasteiger charge is 2.11. The largest absolute Gasteiger partial charge is 0.467 e. The van der Waals surface area contributed by atoms with Gasteiger partial charge in [0.05, 0.1) is 24.5 Å². The topological polar surface area (TPSA) is 63.0 Å². The molecule has 0 saturated heterocycles. The fraction of sp³-hybridized carbons (Fsp3) is 0.333. The highest BCUT2D eigenvalue weighted by Crippen LogP contribution is 2.27. The molecule has 3 rings (SSSR count). The van der Waals surface area contributed by atoms with Crippen LogP contribution in [0.3, 0.4) is 0 Å². The lowest BCUT2D eigenvalue weighted by atomic mass is 10.1. The zero-order valence-electron chi connectivity index (χ0n) is 14.4. The van der Waals surface area contributed by atoms with E-state index in [2.05, 4.69) is 59.2 Å². The molecule has 0 aliphatic carbocycles. The zero-order valence-corrected chi connectivity index (χ0v) is 15.2. The first-order valence-corrected chi connectivity index (χ1v) is 8.74. The van der Waals surface area contributed by atoms with Crippen molar-refractivity contribution in [3.05, 3.63) is 53.0 Å². The van der Waals surface area contributed by atoms with Crippen LogP contribution in [0.2, 0.25) is 0 Å². The van der Waals surface area contributed by atoms with Crippen LogP contribution in [0.5, 0.6) is 0 Å². The number of nitrogens with zero attached hydrogens (tertiary/aromatic N) is 2. The number of hydrogen-bond acceptors (Lipinski definition) is 6. The van der Waals surface area contributed by atoms with Crippen LogP contribution in [-0.4, -0.2) is 8.75 Å². The molecule has 1 aromatic carbocycles. The Morgan fingerprint density at radius 3 is 2.71 bits per heavy atom. The van der Waals surface area contributed by atoms with Crippen molar-refractivity contribution >= 4 is 29.1 Å². The lowest BCUT2D eigenvalue weighted by molar-refractivity contribution is 0.514. The van der Waals surface area contributed by atoms with Crippen molar-refractivity contribution in [3.8, 4) is 0 Å². The normalized spacial score (nSPS) is 11.0. The first kappa shape index (κ1) is 16.5. The van der Waals surface area contributed by atoms with Crippen molar-refractivity contribution in [1.29, 1.82) is 0 Å². The van der Waals surface area contributed by atoms with Crippen molar-refractivity contribution in [2.75, 3.05) is 10.6 Å². The summed E-state index contributed by atoms with van der Waals surface area (Å²) in [5, 5.41) is 6.66. The van der Waals surface area contributed by atoms with Gasteiger partial charge in [0.2, 0.25) is 0 Å². The smallest absolute Gasteiger partial charge is 0.188 e. The van der Waals surface area contributed by atoms with Gasteiger partial charge in [-0.3, -0.25) is 0 Å². The summed E-state index contributed by atoms with van der Waals surface area (Å²) in [5.74, 6) is 2.84. The summed E-state index contributed by atoms with van der Waals surface area (Å²) in [6, 6.07) is 8.26. The molecule has 0 unspecified atom stereocenters. The van der Waals surface area contributed by atoms with Crippen molar-refractivity contribution in [2.45, 2.75) is 40.2 Å². The summed E-state index contributed by atoms with van der Waals surface area (Å²) < 4.78 is 14.3. The Balaban J connectivity index is 1.70. The Labute approximate surface area is 146 Å². The van der Waals surface area contributed by atoms with Gasteiger partial charge in [0.25, 0.3) is 0 Å². The molecule has 126 valence electrons. The number of hydrogen-bond donors (Lipinski definition) is 2. The van der Waals surface area contributed by atoms with Gasteiger partial charge in [-0.25, -0.2) is 0 Å². The van der Waals surface area contributed by atoms with E-state index in [9.17, 15) is 0 Å². The molecule has 2 N–H and O–H groups in total. The number of nitrogens with one attached hydrogen (secondary N) is 2. The number of rotatable bonds is 6. The minimum absolute atomic E-state index is 0.463. The molecule has 0 fully saturated rings. The lowest BCUT2D eigenvalue weighted by Gasteiger charge is -2.10. The van der Waals surface area contributed by atoms with E-state index in [-0.39, 0.29) is 0 Å². The van der Waals surface area contributed by atoms with Crippen LogP contribution in [-0.2, 0) is 6.54 Å². The Morgan fingerprint density at radius 1 is 1.17 bits per heavy atom. The first-order chi connectivity index (χ1) is 11.5. The molecule has 0 atom stereocenters. The van der Waals surface area contributed by atoms with Crippen molar-refractivity contribution < 1.29 is 4.42 Å². The van der Waals surface area contributed by atoms with Gasteiger partial charge in [-0.2, -0.15) is 8.75 Å². The summed E-state index contributed by atoms with van der Waals surface area (Å²) in [6.45, 7) is 9.08. The predicted octanol–water partition coefficient (Wildman–Crippen LogP) is 5.23. The second-order valence-corrected chi connectivity index (χ2v) is 6.72. The van der Waals surface area contributed by atoms with Crippen LogP contribution in [0.1, 0.15) is 42.2 Å². The molecule has 0 saturated carbocycles. The van der Waals surface area contributed by atoms with Gasteiger partial charge in [-0.05, 0) is 48.6 Å². The van der Waals surface area contributed by atoms with E-state index in [1.807, 2.05) is 18.4 Å². The van der Waals surface area contributed by atoms with E-state index in [4.69, 9.17) is 4.42 Å². The third kappa shape index (κ3) is 3.59. The molecule has 0 radical (unpaired) electrons. The Hall–Kier alpha value is -2.34. The second kappa shape index (κ2) is 7.05. The van der Waals surface area contributed by atoms with Crippen LogP contribution in [0.4, 0.5) is 17.3 Å². The SMILES string of the molecule is Cc1cccc(Nc2nsnc2NCc2cc(C(C)C)co2)c1C. The quantitative estimate of drug-likeness (QED) is 0.642. The molecular weight excluding hydrogens is 320 g/mol. The fourth-order valence-corrected chi connectivity index (χ4v) is 2.85.